The number of hydrogen-bond donors (Lipinski definition) is 1. The van der Waals surface area contributed by atoms with Gasteiger partial charge in [-0.15, -0.1) is 0 Å². The Hall–Kier alpha value is -6.78. The maximum absolute atomic E-state index is 7.02. The molecule has 0 spiro atoms. The minimum atomic E-state index is -0.301. The number of para-hydroxylation sites is 1. The van der Waals surface area contributed by atoms with Crippen LogP contribution in [0.4, 0.5) is 0 Å². The Bertz CT molecular complexity index is 2810. The van der Waals surface area contributed by atoms with Crippen molar-refractivity contribution in [1.82, 2.24) is 5.32 Å². The van der Waals surface area contributed by atoms with Gasteiger partial charge in [0.25, 0.3) is 0 Å². The number of rotatable bonds is 5. The molecule has 0 bridgehead atoms. The fourth-order valence-corrected chi connectivity index (χ4v) is 7.46. The molecule has 1 atom stereocenters. The van der Waals surface area contributed by atoms with Gasteiger partial charge in [-0.25, -0.2) is 9.98 Å². The molecule has 9 aromatic rings. The standard InChI is InChI=1S/C47H31N3O/c1-3-14-33(15-4-1)45-48-46(34-16-5-2-6-17-34)50-47(49-45)40-24-12-23-39-42-38-21-10-8-18-35(38)29-41(44(42)51-43(39)40)32-27-25-31(26-28-32)37-22-11-19-30-13-7-9-20-36(30)37/h1-29,45H,(H,48,49,50). The van der Waals surface area contributed by atoms with Gasteiger partial charge in [0, 0.05) is 21.9 Å². The average Bonchev–Trinajstić information content (AvgIpc) is 3.61. The summed E-state index contributed by atoms with van der Waals surface area (Å²) in [6, 6.07) is 61.6. The van der Waals surface area contributed by atoms with Crippen molar-refractivity contribution >= 4 is 55.2 Å². The van der Waals surface area contributed by atoms with Crippen molar-refractivity contribution in [2.24, 2.45) is 9.98 Å². The second-order valence-electron chi connectivity index (χ2n) is 13.0. The van der Waals surface area contributed by atoms with Crippen LogP contribution in [0.1, 0.15) is 22.9 Å². The van der Waals surface area contributed by atoms with Crippen molar-refractivity contribution in [3.8, 4) is 22.3 Å². The number of fused-ring (bicyclic) bond motifs is 6. The summed E-state index contributed by atoms with van der Waals surface area (Å²) in [5, 5.41) is 10.6. The quantitative estimate of drug-likeness (QED) is 0.201. The van der Waals surface area contributed by atoms with Gasteiger partial charge < -0.3 is 9.73 Å². The van der Waals surface area contributed by atoms with Crippen LogP contribution in [0, 0.1) is 0 Å². The molecule has 2 heterocycles. The molecule has 0 radical (unpaired) electrons. The van der Waals surface area contributed by atoms with Crippen LogP contribution < -0.4 is 5.32 Å². The molecule has 4 nitrogen and oxygen atoms in total. The molecule has 1 aromatic heterocycles. The van der Waals surface area contributed by atoms with Crippen molar-refractivity contribution in [2.75, 3.05) is 0 Å². The van der Waals surface area contributed by atoms with E-state index < -0.39 is 0 Å². The fourth-order valence-electron chi connectivity index (χ4n) is 7.46. The Morgan fingerprint density at radius 1 is 0.451 bits per heavy atom. The molecule has 1 aliphatic heterocycles. The number of hydrogen-bond acceptors (Lipinski definition) is 4. The zero-order valence-electron chi connectivity index (χ0n) is 27.6. The van der Waals surface area contributed by atoms with Gasteiger partial charge in [0.1, 0.15) is 23.2 Å². The Balaban J connectivity index is 1.15. The van der Waals surface area contributed by atoms with Gasteiger partial charge in [0.15, 0.2) is 5.84 Å². The molecule has 4 heteroatoms. The highest BCUT2D eigenvalue weighted by Crippen LogP contribution is 2.42. The lowest BCUT2D eigenvalue weighted by atomic mass is 9.93. The molecular weight excluding hydrogens is 623 g/mol. The Morgan fingerprint density at radius 2 is 1.06 bits per heavy atom. The van der Waals surface area contributed by atoms with Gasteiger partial charge in [-0.1, -0.05) is 164 Å². The number of benzene rings is 8. The van der Waals surface area contributed by atoms with Crippen LogP contribution in [0.15, 0.2) is 190 Å². The first kappa shape index (κ1) is 29.2. The van der Waals surface area contributed by atoms with Gasteiger partial charge in [-0.3, -0.25) is 0 Å². The molecule has 1 unspecified atom stereocenters. The van der Waals surface area contributed by atoms with Crippen molar-refractivity contribution < 1.29 is 4.42 Å². The van der Waals surface area contributed by atoms with E-state index in [-0.39, 0.29) is 6.17 Å². The molecule has 10 rings (SSSR count). The van der Waals surface area contributed by atoms with E-state index >= 15 is 0 Å². The smallest absolute Gasteiger partial charge is 0.159 e. The third-order valence-corrected chi connectivity index (χ3v) is 9.93. The van der Waals surface area contributed by atoms with Crippen LogP contribution >= 0.6 is 0 Å². The number of aliphatic imine (C=N–C) groups is 2. The summed E-state index contributed by atoms with van der Waals surface area (Å²) in [4.78, 5) is 10.2. The number of furan rings is 1. The molecular formula is C47H31N3O. The molecule has 0 saturated heterocycles. The van der Waals surface area contributed by atoms with E-state index in [0.717, 1.165) is 61.0 Å². The molecule has 0 amide bonds. The molecule has 0 aliphatic carbocycles. The van der Waals surface area contributed by atoms with Crippen LogP contribution in [0.25, 0.3) is 65.7 Å². The number of amidine groups is 2. The van der Waals surface area contributed by atoms with E-state index in [1.165, 1.54) is 27.3 Å². The van der Waals surface area contributed by atoms with E-state index in [0.29, 0.717) is 5.84 Å². The highest BCUT2D eigenvalue weighted by Gasteiger charge is 2.25. The lowest BCUT2D eigenvalue weighted by Crippen LogP contribution is -2.33. The Labute approximate surface area is 295 Å². The molecule has 240 valence electrons. The number of nitrogens with one attached hydrogen (secondary N) is 1. The molecule has 51 heavy (non-hydrogen) atoms. The molecule has 0 saturated carbocycles. The second kappa shape index (κ2) is 12.0. The van der Waals surface area contributed by atoms with E-state index in [1.807, 2.05) is 36.4 Å². The van der Waals surface area contributed by atoms with Crippen LogP contribution in [-0.4, -0.2) is 11.7 Å². The normalized spacial score (nSPS) is 14.5. The third kappa shape index (κ3) is 5.00. The molecule has 8 aromatic carbocycles. The predicted molar refractivity (Wildman–Crippen MR) is 211 cm³/mol. The summed E-state index contributed by atoms with van der Waals surface area (Å²) < 4.78 is 7.02. The highest BCUT2D eigenvalue weighted by atomic mass is 16.3. The zero-order chi connectivity index (χ0) is 33.7. The highest BCUT2D eigenvalue weighted by molar-refractivity contribution is 6.26. The van der Waals surface area contributed by atoms with E-state index in [4.69, 9.17) is 14.4 Å². The summed E-state index contributed by atoms with van der Waals surface area (Å²) in [5.74, 6) is 1.41. The topological polar surface area (TPSA) is 49.9 Å². The first-order valence-corrected chi connectivity index (χ1v) is 17.3. The maximum atomic E-state index is 7.02. The SMILES string of the molecule is c1ccc(C2=NC(c3ccccc3)NC(c3cccc4c3oc3c(-c5ccc(-c6cccc7ccccc67)cc5)cc5ccccc5c34)=N2)cc1. The fraction of sp³-hybridized carbons (Fsp3) is 0.0213. The van der Waals surface area contributed by atoms with Crippen LogP contribution in [0.2, 0.25) is 0 Å². The van der Waals surface area contributed by atoms with Crippen molar-refractivity contribution in [3.63, 3.8) is 0 Å². The number of nitrogens with zero attached hydrogens (tertiary/aromatic N) is 2. The molecule has 1 aliphatic rings. The lowest BCUT2D eigenvalue weighted by Gasteiger charge is -2.23. The summed E-state index contributed by atoms with van der Waals surface area (Å²) in [7, 11) is 0. The first-order valence-electron chi connectivity index (χ1n) is 17.3. The van der Waals surface area contributed by atoms with E-state index in [2.05, 4.69) is 145 Å². The third-order valence-electron chi connectivity index (χ3n) is 9.93. The minimum Gasteiger partial charge on any atom is -0.455 e. The van der Waals surface area contributed by atoms with Crippen molar-refractivity contribution in [3.05, 3.63) is 193 Å². The first-order chi connectivity index (χ1) is 25.3. The lowest BCUT2D eigenvalue weighted by molar-refractivity contribution is 0.660. The van der Waals surface area contributed by atoms with Gasteiger partial charge >= 0.3 is 0 Å². The van der Waals surface area contributed by atoms with Gasteiger partial charge in [0.05, 0.1) is 5.56 Å². The van der Waals surface area contributed by atoms with Gasteiger partial charge in [-0.05, 0) is 55.9 Å². The largest absolute Gasteiger partial charge is 0.455 e. The monoisotopic (exact) mass is 653 g/mol. The van der Waals surface area contributed by atoms with Gasteiger partial charge in [0.2, 0.25) is 0 Å². The van der Waals surface area contributed by atoms with Crippen LogP contribution in [-0.2, 0) is 0 Å². The summed E-state index contributed by atoms with van der Waals surface area (Å²) >= 11 is 0. The van der Waals surface area contributed by atoms with E-state index in [1.54, 1.807) is 0 Å². The van der Waals surface area contributed by atoms with E-state index in [9.17, 15) is 0 Å². The zero-order valence-corrected chi connectivity index (χ0v) is 27.6. The van der Waals surface area contributed by atoms with Gasteiger partial charge in [-0.2, -0.15) is 0 Å². The van der Waals surface area contributed by atoms with Crippen LogP contribution in [0.3, 0.4) is 0 Å². The molecule has 0 fully saturated rings. The summed E-state index contributed by atoms with van der Waals surface area (Å²) in [6.07, 6.45) is -0.301. The van der Waals surface area contributed by atoms with Crippen LogP contribution in [0.5, 0.6) is 0 Å². The average molecular weight is 654 g/mol. The van der Waals surface area contributed by atoms with Crippen molar-refractivity contribution in [1.29, 1.82) is 0 Å². The molecule has 1 N–H and O–H groups in total. The maximum Gasteiger partial charge on any atom is 0.159 e. The summed E-state index contributed by atoms with van der Waals surface area (Å²) in [5.41, 5.74) is 9.16. The Morgan fingerprint density at radius 3 is 1.86 bits per heavy atom. The second-order valence-corrected chi connectivity index (χ2v) is 13.0. The predicted octanol–water partition coefficient (Wildman–Crippen LogP) is 11.7. The summed E-state index contributed by atoms with van der Waals surface area (Å²) in [6.45, 7) is 0. The Kier molecular flexibility index (Phi) is 6.85. The minimum absolute atomic E-state index is 0.301. The van der Waals surface area contributed by atoms with Crippen molar-refractivity contribution in [2.45, 2.75) is 6.17 Å².